The topological polar surface area (TPSA) is 43.7 Å². The lowest BCUT2D eigenvalue weighted by Crippen LogP contribution is -2.30. The number of hydrogen-bond acceptors (Lipinski definition) is 3. The number of hydrogen-bond donors (Lipinski definition) is 2. The molecule has 0 aliphatic rings. The van der Waals surface area contributed by atoms with Gasteiger partial charge in [0.2, 0.25) is 0 Å². The zero-order valence-corrected chi connectivity index (χ0v) is 22.9. The van der Waals surface area contributed by atoms with Gasteiger partial charge >= 0.3 is 7.12 Å². The lowest BCUT2D eigenvalue weighted by molar-refractivity contribution is 0.426. The minimum Gasteiger partial charge on any atom is -0.423 e. The van der Waals surface area contributed by atoms with Crippen molar-refractivity contribution in [3.63, 3.8) is 0 Å². The number of nitrogens with zero attached hydrogens (tertiary/aromatic N) is 1. The second-order valence-electron chi connectivity index (χ2n) is 10.4. The zero-order valence-electron chi connectivity index (χ0n) is 22.9. The zero-order chi connectivity index (χ0) is 28.5. The predicted molar refractivity (Wildman–Crippen MR) is 177 cm³/mol. The Bertz CT molecular complexity index is 2020. The summed E-state index contributed by atoms with van der Waals surface area (Å²) in [6, 6.07) is 54.2. The van der Waals surface area contributed by atoms with Gasteiger partial charge < -0.3 is 14.9 Å². The van der Waals surface area contributed by atoms with E-state index in [0.29, 0.717) is 5.46 Å². The molecule has 0 saturated heterocycles. The van der Waals surface area contributed by atoms with E-state index in [-0.39, 0.29) is 0 Å². The highest BCUT2D eigenvalue weighted by molar-refractivity contribution is 6.62. The molecule has 200 valence electrons. The SMILES string of the molecule is OB(O)c1ccc(N(c2ccc(-c3cccc4ccccc34)cc2)c2cccc(-c3ccccc3)c2)c2ccccc12. The maximum Gasteiger partial charge on any atom is 0.489 e. The Morgan fingerprint density at radius 3 is 1.86 bits per heavy atom. The largest absolute Gasteiger partial charge is 0.489 e. The molecule has 0 unspecified atom stereocenters. The van der Waals surface area contributed by atoms with Crippen LogP contribution in [0.1, 0.15) is 0 Å². The Morgan fingerprint density at radius 2 is 1.07 bits per heavy atom. The van der Waals surface area contributed by atoms with Gasteiger partial charge in [-0.1, -0.05) is 127 Å². The summed E-state index contributed by atoms with van der Waals surface area (Å²) >= 11 is 0. The van der Waals surface area contributed by atoms with E-state index >= 15 is 0 Å². The lowest BCUT2D eigenvalue weighted by atomic mass is 9.77. The van der Waals surface area contributed by atoms with Crippen molar-refractivity contribution in [1.29, 1.82) is 0 Å². The van der Waals surface area contributed by atoms with Crippen molar-refractivity contribution < 1.29 is 10.0 Å². The molecule has 0 fully saturated rings. The molecule has 0 radical (unpaired) electrons. The third-order valence-electron chi connectivity index (χ3n) is 7.89. The third-order valence-corrected chi connectivity index (χ3v) is 7.89. The molecule has 2 N–H and O–H groups in total. The minimum atomic E-state index is -1.56. The highest BCUT2D eigenvalue weighted by Gasteiger charge is 2.21. The molecule has 7 aromatic rings. The van der Waals surface area contributed by atoms with Crippen LogP contribution in [-0.2, 0) is 0 Å². The van der Waals surface area contributed by atoms with E-state index in [1.165, 1.54) is 16.3 Å². The number of anilines is 3. The lowest BCUT2D eigenvalue weighted by Gasteiger charge is -2.28. The van der Waals surface area contributed by atoms with Crippen LogP contribution in [0.4, 0.5) is 17.1 Å². The molecule has 0 saturated carbocycles. The molecule has 7 aromatic carbocycles. The highest BCUT2D eigenvalue weighted by Crippen LogP contribution is 2.41. The van der Waals surface area contributed by atoms with Gasteiger partial charge in [-0.05, 0) is 74.2 Å². The van der Waals surface area contributed by atoms with Crippen molar-refractivity contribution >= 4 is 51.2 Å². The number of fused-ring (bicyclic) bond motifs is 2. The van der Waals surface area contributed by atoms with Gasteiger partial charge in [0.15, 0.2) is 0 Å². The van der Waals surface area contributed by atoms with Crippen LogP contribution >= 0.6 is 0 Å². The van der Waals surface area contributed by atoms with Crippen LogP contribution in [-0.4, -0.2) is 17.2 Å². The van der Waals surface area contributed by atoms with E-state index in [4.69, 9.17) is 0 Å². The van der Waals surface area contributed by atoms with Crippen LogP contribution < -0.4 is 10.4 Å². The standard InChI is InChI=1S/C38H28BNO2/c41-39(42)37-24-25-38(36-18-7-6-17-35(36)37)40(32-15-8-14-30(26-32)27-10-2-1-3-11-27)31-22-20-29(21-23-31)34-19-9-13-28-12-4-5-16-33(28)34/h1-26,41-42H. The average molecular weight is 541 g/mol. The molecule has 0 aliphatic carbocycles. The first-order valence-corrected chi connectivity index (χ1v) is 14.1. The highest BCUT2D eigenvalue weighted by atomic mass is 16.4. The van der Waals surface area contributed by atoms with Crippen LogP contribution in [0.15, 0.2) is 158 Å². The molecule has 0 aromatic heterocycles. The molecule has 0 amide bonds. The van der Waals surface area contributed by atoms with Gasteiger partial charge in [-0.25, -0.2) is 0 Å². The molecular weight excluding hydrogens is 513 g/mol. The summed E-state index contributed by atoms with van der Waals surface area (Å²) in [6.45, 7) is 0. The number of benzene rings is 7. The summed E-state index contributed by atoms with van der Waals surface area (Å²) in [5.74, 6) is 0. The van der Waals surface area contributed by atoms with E-state index in [1.807, 2.05) is 36.4 Å². The molecular formula is C38H28BNO2. The van der Waals surface area contributed by atoms with Crippen molar-refractivity contribution in [3.8, 4) is 22.3 Å². The predicted octanol–water partition coefficient (Wildman–Crippen LogP) is 8.48. The van der Waals surface area contributed by atoms with Gasteiger partial charge in [0.05, 0.1) is 5.69 Å². The molecule has 0 aliphatic heterocycles. The summed E-state index contributed by atoms with van der Waals surface area (Å²) in [6.07, 6.45) is 0. The third kappa shape index (κ3) is 4.73. The molecule has 0 atom stereocenters. The van der Waals surface area contributed by atoms with E-state index in [9.17, 15) is 10.0 Å². The normalized spacial score (nSPS) is 11.1. The molecule has 0 spiro atoms. The fourth-order valence-corrected chi connectivity index (χ4v) is 5.88. The average Bonchev–Trinajstić information content (AvgIpc) is 3.05. The quantitative estimate of drug-likeness (QED) is 0.208. The monoisotopic (exact) mass is 541 g/mol. The van der Waals surface area contributed by atoms with Gasteiger partial charge in [-0.3, -0.25) is 0 Å². The minimum absolute atomic E-state index is 0.485. The van der Waals surface area contributed by atoms with E-state index in [0.717, 1.165) is 44.5 Å². The first kappa shape index (κ1) is 25.8. The van der Waals surface area contributed by atoms with Gasteiger partial charge in [0.25, 0.3) is 0 Å². The summed E-state index contributed by atoms with van der Waals surface area (Å²) in [7, 11) is -1.56. The fourth-order valence-electron chi connectivity index (χ4n) is 5.88. The van der Waals surface area contributed by atoms with Crippen LogP contribution in [0.2, 0.25) is 0 Å². The summed E-state index contributed by atoms with van der Waals surface area (Å²) in [4.78, 5) is 2.25. The first-order chi connectivity index (χ1) is 20.7. The van der Waals surface area contributed by atoms with E-state index in [2.05, 4.69) is 120 Å². The molecule has 3 nitrogen and oxygen atoms in total. The van der Waals surface area contributed by atoms with Crippen molar-refractivity contribution in [2.45, 2.75) is 0 Å². The van der Waals surface area contributed by atoms with E-state index < -0.39 is 7.12 Å². The van der Waals surface area contributed by atoms with Crippen LogP contribution in [0.25, 0.3) is 43.8 Å². The van der Waals surface area contributed by atoms with Crippen LogP contribution in [0.5, 0.6) is 0 Å². The van der Waals surface area contributed by atoms with E-state index in [1.54, 1.807) is 6.07 Å². The van der Waals surface area contributed by atoms with Crippen molar-refractivity contribution in [1.82, 2.24) is 0 Å². The summed E-state index contributed by atoms with van der Waals surface area (Å²) in [5.41, 5.74) is 8.08. The van der Waals surface area contributed by atoms with Gasteiger partial charge in [0, 0.05) is 16.8 Å². The Kier molecular flexibility index (Phi) is 6.77. The summed E-state index contributed by atoms with van der Waals surface area (Å²) in [5, 5.41) is 24.4. The number of rotatable bonds is 6. The van der Waals surface area contributed by atoms with Gasteiger partial charge in [0.1, 0.15) is 0 Å². The van der Waals surface area contributed by atoms with Crippen molar-refractivity contribution in [2.75, 3.05) is 4.90 Å². The van der Waals surface area contributed by atoms with Crippen molar-refractivity contribution in [3.05, 3.63) is 158 Å². The maximum absolute atomic E-state index is 10.1. The smallest absolute Gasteiger partial charge is 0.423 e. The Balaban J connectivity index is 1.41. The first-order valence-electron chi connectivity index (χ1n) is 14.1. The fraction of sp³-hybridized carbons (Fsp3) is 0. The molecule has 0 bridgehead atoms. The molecule has 4 heteroatoms. The maximum atomic E-state index is 10.1. The Labute approximate surface area is 245 Å². The van der Waals surface area contributed by atoms with Crippen molar-refractivity contribution in [2.24, 2.45) is 0 Å². The second kappa shape index (κ2) is 11.0. The van der Waals surface area contributed by atoms with Crippen LogP contribution in [0.3, 0.4) is 0 Å². The Hall–Kier alpha value is -5.16. The van der Waals surface area contributed by atoms with Gasteiger partial charge in [-0.2, -0.15) is 0 Å². The van der Waals surface area contributed by atoms with Gasteiger partial charge in [-0.15, -0.1) is 0 Å². The summed E-state index contributed by atoms with van der Waals surface area (Å²) < 4.78 is 0. The molecule has 7 rings (SSSR count). The molecule has 42 heavy (non-hydrogen) atoms. The second-order valence-corrected chi connectivity index (χ2v) is 10.4. The molecule has 0 heterocycles. The Morgan fingerprint density at radius 1 is 0.429 bits per heavy atom. The van der Waals surface area contributed by atoms with Crippen LogP contribution in [0, 0.1) is 0 Å².